The van der Waals surface area contributed by atoms with Crippen molar-refractivity contribution in [1.82, 2.24) is 5.32 Å². The van der Waals surface area contributed by atoms with Crippen LogP contribution < -0.4 is 16.0 Å². The molecule has 5 heteroatoms. The van der Waals surface area contributed by atoms with Crippen LogP contribution in [0, 0.1) is 5.92 Å². The smallest absolute Gasteiger partial charge is 0.222 e. The number of amides is 1. The molecule has 1 unspecified atom stereocenters. The number of carbonyl (C=O) groups excluding carboxylic acids is 1. The van der Waals surface area contributed by atoms with Crippen molar-refractivity contribution in [2.45, 2.75) is 13.0 Å². The number of rotatable bonds is 4. The van der Waals surface area contributed by atoms with Crippen molar-refractivity contribution in [3.63, 3.8) is 0 Å². The van der Waals surface area contributed by atoms with Crippen molar-refractivity contribution in [3.05, 3.63) is 28.8 Å². The Balaban J connectivity index is 2.22. The van der Waals surface area contributed by atoms with Crippen molar-refractivity contribution in [3.8, 4) is 0 Å². The number of hydrogen-bond donors (Lipinski definition) is 2. The van der Waals surface area contributed by atoms with Gasteiger partial charge >= 0.3 is 0 Å². The minimum Gasteiger partial charge on any atom is -0.370 e. The fourth-order valence-electron chi connectivity index (χ4n) is 2.38. The Labute approximate surface area is 112 Å². The molecule has 98 valence electrons. The average molecular weight is 268 g/mol. The molecular formula is C13H18ClN3O. The minimum atomic E-state index is -0.213. The molecule has 1 fully saturated rings. The maximum atomic E-state index is 11.2. The van der Waals surface area contributed by atoms with E-state index >= 15 is 0 Å². The Kier molecular flexibility index (Phi) is 4.09. The molecule has 1 aromatic rings. The molecule has 1 atom stereocenters. The second kappa shape index (κ2) is 5.59. The van der Waals surface area contributed by atoms with E-state index in [9.17, 15) is 4.79 Å². The van der Waals surface area contributed by atoms with Crippen LogP contribution in [0.1, 0.15) is 12.0 Å². The summed E-state index contributed by atoms with van der Waals surface area (Å²) in [7, 11) is 1.91. The summed E-state index contributed by atoms with van der Waals surface area (Å²) in [6, 6.07) is 5.86. The van der Waals surface area contributed by atoms with Gasteiger partial charge in [0.25, 0.3) is 0 Å². The molecule has 0 saturated carbocycles. The van der Waals surface area contributed by atoms with Crippen LogP contribution in [0.3, 0.4) is 0 Å². The molecule has 1 saturated heterocycles. The standard InChI is InChI=1S/C13H18ClN3O/c1-16-7-9-2-3-11(14)6-12(9)17-5-4-10(8-17)13(15)18/h2-3,6,10,16H,4-5,7-8H2,1H3,(H2,15,18). The zero-order valence-corrected chi connectivity index (χ0v) is 11.2. The fourth-order valence-corrected chi connectivity index (χ4v) is 2.55. The summed E-state index contributed by atoms with van der Waals surface area (Å²) in [6.07, 6.45) is 0.820. The quantitative estimate of drug-likeness (QED) is 0.866. The Morgan fingerprint density at radius 2 is 2.39 bits per heavy atom. The first kappa shape index (κ1) is 13.2. The normalized spacial score (nSPS) is 19.2. The van der Waals surface area contributed by atoms with Crippen molar-refractivity contribution >= 4 is 23.2 Å². The van der Waals surface area contributed by atoms with Gasteiger partial charge in [0.1, 0.15) is 0 Å². The van der Waals surface area contributed by atoms with E-state index in [0.29, 0.717) is 11.6 Å². The average Bonchev–Trinajstić information content (AvgIpc) is 2.81. The second-order valence-electron chi connectivity index (χ2n) is 4.64. The van der Waals surface area contributed by atoms with Gasteiger partial charge in [-0.3, -0.25) is 4.79 Å². The summed E-state index contributed by atoms with van der Waals surface area (Å²) in [5.74, 6) is -0.263. The molecule has 1 heterocycles. The SMILES string of the molecule is CNCc1ccc(Cl)cc1N1CCC(C(N)=O)C1. The molecular weight excluding hydrogens is 250 g/mol. The summed E-state index contributed by atoms with van der Waals surface area (Å²) in [5, 5.41) is 3.86. The molecule has 18 heavy (non-hydrogen) atoms. The lowest BCUT2D eigenvalue weighted by atomic mass is 10.1. The third-order valence-electron chi connectivity index (χ3n) is 3.35. The molecule has 0 radical (unpaired) electrons. The number of benzene rings is 1. The van der Waals surface area contributed by atoms with Crippen molar-refractivity contribution < 1.29 is 4.79 Å². The molecule has 0 aromatic heterocycles. The first-order chi connectivity index (χ1) is 8.61. The lowest BCUT2D eigenvalue weighted by Crippen LogP contribution is -2.28. The predicted octanol–water partition coefficient (Wildman–Crippen LogP) is 1.37. The van der Waals surface area contributed by atoms with Gasteiger partial charge in [-0.1, -0.05) is 17.7 Å². The van der Waals surface area contributed by atoms with Crippen molar-refractivity contribution in [1.29, 1.82) is 0 Å². The lowest BCUT2D eigenvalue weighted by molar-refractivity contribution is -0.121. The maximum Gasteiger partial charge on any atom is 0.222 e. The Morgan fingerprint density at radius 1 is 1.61 bits per heavy atom. The molecule has 0 bridgehead atoms. The first-order valence-electron chi connectivity index (χ1n) is 6.09. The van der Waals surface area contributed by atoms with Gasteiger partial charge in [0.05, 0.1) is 5.92 Å². The van der Waals surface area contributed by atoms with E-state index < -0.39 is 0 Å². The highest BCUT2D eigenvalue weighted by Gasteiger charge is 2.27. The van der Waals surface area contributed by atoms with Crippen LogP contribution in [0.2, 0.25) is 5.02 Å². The number of halogens is 1. The highest BCUT2D eigenvalue weighted by atomic mass is 35.5. The number of nitrogens with one attached hydrogen (secondary N) is 1. The largest absolute Gasteiger partial charge is 0.370 e. The molecule has 1 aliphatic heterocycles. The number of hydrogen-bond acceptors (Lipinski definition) is 3. The van der Waals surface area contributed by atoms with Gasteiger partial charge in [-0.15, -0.1) is 0 Å². The van der Waals surface area contributed by atoms with Gasteiger partial charge in [0.15, 0.2) is 0 Å². The van der Waals surface area contributed by atoms with Crippen molar-refractivity contribution in [2.75, 3.05) is 25.0 Å². The Hall–Kier alpha value is -1.26. The molecule has 3 N–H and O–H groups in total. The monoisotopic (exact) mass is 267 g/mol. The van der Waals surface area contributed by atoms with Gasteiger partial charge in [0.2, 0.25) is 5.91 Å². The topological polar surface area (TPSA) is 58.4 Å². The first-order valence-corrected chi connectivity index (χ1v) is 6.47. The van der Waals surface area contributed by atoms with Crippen LogP contribution >= 0.6 is 11.6 Å². The predicted molar refractivity (Wildman–Crippen MR) is 73.7 cm³/mol. The number of nitrogens with two attached hydrogens (primary N) is 1. The van der Waals surface area contributed by atoms with Crippen LogP contribution in [0.25, 0.3) is 0 Å². The van der Waals surface area contributed by atoms with E-state index in [1.54, 1.807) is 0 Å². The molecule has 1 aliphatic rings. The van der Waals surface area contributed by atoms with Crippen LogP contribution in [-0.2, 0) is 11.3 Å². The van der Waals surface area contributed by atoms with E-state index in [-0.39, 0.29) is 11.8 Å². The van der Waals surface area contributed by atoms with Gasteiger partial charge in [-0.05, 0) is 31.2 Å². The van der Waals surface area contributed by atoms with Gasteiger partial charge in [0, 0.05) is 30.3 Å². The van der Waals surface area contributed by atoms with E-state index in [0.717, 1.165) is 25.2 Å². The number of nitrogens with zero attached hydrogens (tertiary/aromatic N) is 1. The zero-order chi connectivity index (χ0) is 13.1. The van der Waals surface area contributed by atoms with Crippen molar-refractivity contribution in [2.24, 2.45) is 11.7 Å². The fraction of sp³-hybridized carbons (Fsp3) is 0.462. The molecule has 2 rings (SSSR count). The Morgan fingerprint density at radius 3 is 3.00 bits per heavy atom. The van der Waals surface area contributed by atoms with Gasteiger partial charge in [-0.25, -0.2) is 0 Å². The van der Waals surface area contributed by atoms with Crippen LogP contribution in [0.5, 0.6) is 0 Å². The molecule has 4 nitrogen and oxygen atoms in total. The van der Waals surface area contributed by atoms with Crippen LogP contribution in [0.15, 0.2) is 18.2 Å². The molecule has 0 aliphatic carbocycles. The third-order valence-corrected chi connectivity index (χ3v) is 3.58. The maximum absolute atomic E-state index is 11.2. The minimum absolute atomic E-state index is 0.0496. The number of carbonyl (C=O) groups is 1. The van der Waals surface area contributed by atoms with E-state index in [2.05, 4.69) is 10.2 Å². The van der Waals surface area contributed by atoms with E-state index in [4.69, 9.17) is 17.3 Å². The summed E-state index contributed by atoms with van der Waals surface area (Å²) in [5.41, 5.74) is 7.65. The molecule has 1 amide bonds. The highest BCUT2D eigenvalue weighted by molar-refractivity contribution is 6.30. The van der Waals surface area contributed by atoms with Crippen LogP contribution in [-0.4, -0.2) is 26.0 Å². The van der Waals surface area contributed by atoms with Gasteiger partial charge < -0.3 is 16.0 Å². The number of primary amides is 1. The number of anilines is 1. The highest BCUT2D eigenvalue weighted by Crippen LogP contribution is 2.29. The van der Waals surface area contributed by atoms with E-state index in [1.165, 1.54) is 5.56 Å². The Bertz CT molecular complexity index is 450. The summed E-state index contributed by atoms with van der Waals surface area (Å²) in [4.78, 5) is 13.4. The van der Waals surface area contributed by atoms with E-state index in [1.807, 2.05) is 25.2 Å². The lowest BCUT2D eigenvalue weighted by Gasteiger charge is -2.22. The summed E-state index contributed by atoms with van der Waals surface area (Å²) >= 11 is 6.06. The third kappa shape index (κ3) is 2.76. The van der Waals surface area contributed by atoms with Gasteiger partial charge in [-0.2, -0.15) is 0 Å². The summed E-state index contributed by atoms with van der Waals surface area (Å²) in [6.45, 7) is 2.32. The molecule has 0 spiro atoms. The summed E-state index contributed by atoms with van der Waals surface area (Å²) < 4.78 is 0. The second-order valence-corrected chi connectivity index (χ2v) is 5.07. The van der Waals surface area contributed by atoms with Crippen LogP contribution in [0.4, 0.5) is 5.69 Å². The molecule has 1 aromatic carbocycles. The zero-order valence-electron chi connectivity index (χ0n) is 10.4.